The van der Waals surface area contributed by atoms with Crippen LogP contribution in [0, 0.1) is 0 Å². The molecule has 3 aromatic carbocycles. The summed E-state index contributed by atoms with van der Waals surface area (Å²) in [5.41, 5.74) is 2.37. The molecular formula is C23H19NO5S. The molecule has 6 nitrogen and oxygen atoms in total. The van der Waals surface area contributed by atoms with E-state index >= 15 is 0 Å². The largest absolute Gasteiger partial charge is 0.497 e. The fraction of sp³-hybridized carbons (Fsp3) is 0.0870. The van der Waals surface area contributed by atoms with Crippen LogP contribution >= 0.6 is 0 Å². The molecule has 0 aliphatic heterocycles. The van der Waals surface area contributed by atoms with Crippen molar-refractivity contribution in [2.75, 3.05) is 18.7 Å². The van der Waals surface area contributed by atoms with Gasteiger partial charge in [0.05, 0.1) is 12.0 Å². The van der Waals surface area contributed by atoms with Gasteiger partial charge in [-0.1, -0.05) is 36.4 Å². The molecule has 0 fully saturated rings. The van der Waals surface area contributed by atoms with Gasteiger partial charge in [0.15, 0.2) is 9.84 Å². The molecular weight excluding hydrogens is 402 g/mol. The van der Waals surface area contributed by atoms with E-state index in [1.165, 1.54) is 12.1 Å². The first-order valence-corrected chi connectivity index (χ1v) is 11.0. The van der Waals surface area contributed by atoms with Crippen molar-refractivity contribution in [2.24, 2.45) is 0 Å². The Kier molecular flexibility index (Phi) is 5.05. The van der Waals surface area contributed by atoms with Crippen LogP contribution in [0.1, 0.15) is 10.6 Å². The van der Waals surface area contributed by atoms with Crippen molar-refractivity contribution in [3.8, 4) is 16.9 Å². The maximum absolute atomic E-state index is 13.1. The van der Waals surface area contributed by atoms with E-state index in [0.29, 0.717) is 22.6 Å². The van der Waals surface area contributed by atoms with Crippen molar-refractivity contribution in [3.63, 3.8) is 0 Å². The van der Waals surface area contributed by atoms with Crippen molar-refractivity contribution in [1.82, 2.24) is 0 Å². The Morgan fingerprint density at radius 1 is 0.967 bits per heavy atom. The van der Waals surface area contributed by atoms with Gasteiger partial charge in [0.25, 0.3) is 5.91 Å². The second-order valence-electron chi connectivity index (χ2n) is 6.79. The molecule has 4 rings (SSSR count). The third kappa shape index (κ3) is 3.79. The number of nitrogens with one attached hydrogen (secondary N) is 1. The van der Waals surface area contributed by atoms with Gasteiger partial charge >= 0.3 is 0 Å². The molecule has 1 heterocycles. The van der Waals surface area contributed by atoms with E-state index in [0.717, 1.165) is 17.2 Å². The topological polar surface area (TPSA) is 85.6 Å². The van der Waals surface area contributed by atoms with E-state index < -0.39 is 15.7 Å². The first kappa shape index (κ1) is 19.7. The molecule has 0 saturated heterocycles. The van der Waals surface area contributed by atoms with Crippen molar-refractivity contribution in [1.29, 1.82) is 0 Å². The van der Waals surface area contributed by atoms with Crippen LogP contribution in [0.5, 0.6) is 5.75 Å². The number of carbonyl (C=O) groups is 1. The Balaban J connectivity index is 1.81. The summed E-state index contributed by atoms with van der Waals surface area (Å²) in [6, 6.07) is 20.9. The zero-order chi connectivity index (χ0) is 21.3. The highest BCUT2D eigenvalue weighted by Crippen LogP contribution is 2.37. The van der Waals surface area contributed by atoms with Gasteiger partial charge in [-0.15, -0.1) is 0 Å². The number of anilines is 1. The van der Waals surface area contributed by atoms with E-state index in [4.69, 9.17) is 9.15 Å². The highest BCUT2D eigenvalue weighted by molar-refractivity contribution is 7.90. The van der Waals surface area contributed by atoms with Crippen LogP contribution in [-0.2, 0) is 9.84 Å². The van der Waals surface area contributed by atoms with Gasteiger partial charge in [0.2, 0.25) is 5.76 Å². The van der Waals surface area contributed by atoms with Gasteiger partial charge in [0.1, 0.15) is 11.3 Å². The average Bonchev–Trinajstić information content (AvgIpc) is 3.12. The number of hydrogen-bond acceptors (Lipinski definition) is 5. The lowest BCUT2D eigenvalue weighted by Gasteiger charge is -2.07. The predicted octanol–water partition coefficient (Wildman–Crippen LogP) is 4.76. The molecule has 0 aliphatic carbocycles. The number of benzene rings is 3. The van der Waals surface area contributed by atoms with Gasteiger partial charge in [-0.2, -0.15) is 0 Å². The summed E-state index contributed by atoms with van der Waals surface area (Å²) >= 11 is 0. The first-order valence-electron chi connectivity index (χ1n) is 9.14. The van der Waals surface area contributed by atoms with Crippen molar-refractivity contribution in [3.05, 3.63) is 78.6 Å². The maximum Gasteiger partial charge on any atom is 0.292 e. The number of hydrogen-bond donors (Lipinski definition) is 1. The average molecular weight is 421 g/mol. The molecule has 0 bridgehead atoms. The summed E-state index contributed by atoms with van der Waals surface area (Å²) in [7, 11) is -1.83. The minimum absolute atomic E-state index is 0.123. The Morgan fingerprint density at radius 2 is 1.73 bits per heavy atom. The molecule has 0 aliphatic rings. The standard InChI is InChI=1S/C23H19NO5S/c1-28-17-11-12-19-20(14-17)29-22(21(19)15-7-4-3-5-8-15)23(25)24-16-9-6-10-18(13-16)30(2,26)27/h3-14H,1-2H3,(H,24,25). The number of amides is 1. The second-order valence-corrected chi connectivity index (χ2v) is 8.80. The van der Waals surface area contributed by atoms with E-state index in [-0.39, 0.29) is 10.7 Å². The molecule has 0 spiro atoms. The summed E-state index contributed by atoms with van der Waals surface area (Å²) in [4.78, 5) is 13.2. The van der Waals surface area contributed by atoms with Crippen LogP contribution < -0.4 is 10.1 Å². The van der Waals surface area contributed by atoms with Gasteiger partial charge < -0.3 is 14.5 Å². The van der Waals surface area contributed by atoms with E-state index in [1.54, 1.807) is 25.3 Å². The van der Waals surface area contributed by atoms with Crippen LogP contribution in [0.2, 0.25) is 0 Å². The van der Waals surface area contributed by atoms with Crippen LogP contribution in [-0.4, -0.2) is 27.7 Å². The van der Waals surface area contributed by atoms with Gasteiger partial charge in [-0.05, 0) is 35.9 Å². The lowest BCUT2D eigenvalue weighted by atomic mass is 10.0. The van der Waals surface area contributed by atoms with Crippen LogP contribution in [0.4, 0.5) is 5.69 Å². The molecule has 4 aromatic rings. The number of methoxy groups -OCH3 is 1. The van der Waals surface area contributed by atoms with Gasteiger partial charge in [-0.3, -0.25) is 4.79 Å². The summed E-state index contributed by atoms with van der Waals surface area (Å²) in [6.45, 7) is 0. The fourth-order valence-corrected chi connectivity index (χ4v) is 3.91. The summed E-state index contributed by atoms with van der Waals surface area (Å²) in [5.74, 6) is 0.271. The molecule has 0 radical (unpaired) electrons. The minimum Gasteiger partial charge on any atom is -0.497 e. The van der Waals surface area contributed by atoms with E-state index in [2.05, 4.69) is 5.32 Å². The predicted molar refractivity (Wildman–Crippen MR) is 116 cm³/mol. The Morgan fingerprint density at radius 3 is 2.43 bits per heavy atom. The number of carbonyl (C=O) groups excluding carboxylic acids is 1. The SMILES string of the molecule is COc1ccc2c(-c3ccccc3)c(C(=O)Nc3cccc(S(C)(=O)=O)c3)oc2c1. The third-order valence-corrected chi connectivity index (χ3v) is 5.80. The Bertz CT molecular complexity index is 1340. The Hall–Kier alpha value is -3.58. The first-order chi connectivity index (χ1) is 14.4. The molecule has 0 atom stereocenters. The molecule has 1 amide bonds. The van der Waals surface area contributed by atoms with Gasteiger partial charge in [0, 0.05) is 29.0 Å². The van der Waals surface area contributed by atoms with Crippen LogP contribution in [0.3, 0.4) is 0 Å². The van der Waals surface area contributed by atoms with Crippen molar-refractivity contribution in [2.45, 2.75) is 4.90 Å². The number of rotatable bonds is 5. The number of sulfone groups is 1. The van der Waals surface area contributed by atoms with E-state index in [1.807, 2.05) is 42.5 Å². The quantitative estimate of drug-likeness (QED) is 0.502. The number of fused-ring (bicyclic) bond motifs is 1. The van der Waals surface area contributed by atoms with E-state index in [9.17, 15) is 13.2 Å². The number of ether oxygens (including phenoxy) is 1. The lowest BCUT2D eigenvalue weighted by Crippen LogP contribution is -2.12. The van der Waals surface area contributed by atoms with Crippen LogP contribution in [0.15, 0.2) is 82.1 Å². The fourth-order valence-electron chi connectivity index (χ4n) is 3.25. The third-order valence-electron chi connectivity index (χ3n) is 4.69. The van der Waals surface area contributed by atoms with Crippen molar-refractivity contribution >= 4 is 32.4 Å². The molecule has 7 heteroatoms. The highest BCUT2D eigenvalue weighted by Gasteiger charge is 2.23. The summed E-state index contributed by atoms with van der Waals surface area (Å²) in [6.07, 6.45) is 1.12. The highest BCUT2D eigenvalue weighted by atomic mass is 32.2. The zero-order valence-corrected chi connectivity index (χ0v) is 17.2. The van der Waals surface area contributed by atoms with Crippen molar-refractivity contribution < 1.29 is 22.4 Å². The molecule has 30 heavy (non-hydrogen) atoms. The molecule has 0 unspecified atom stereocenters. The lowest BCUT2D eigenvalue weighted by molar-refractivity contribution is 0.0999. The summed E-state index contributed by atoms with van der Waals surface area (Å²) in [5, 5.41) is 3.52. The monoisotopic (exact) mass is 421 g/mol. The molecule has 1 aromatic heterocycles. The minimum atomic E-state index is -3.39. The maximum atomic E-state index is 13.1. The molecule has 0 saturated carbocycles. The van der Waals surface area contributed by atoms with Gasteiger partial charge in [-0.25, -0.2) is 8.42 Å². The number of furan rings is 1. The van der Waals surface area contributed by atoms with Crippen LogP contribution in [0.25, 0.3) is 22.1 Å². The summed E-state index contributed by atoms with van der Waals surface area (Å²) < 4.78 is 34.8. The zero-order valence-electron chi connectivity index (χ0n) is 16.4. The smallest absolute Gasteiger partial charge is 0.292 e. The molecule has 152 valence electrons. The second kappa shape index (κ2) is 7.68. The normalized spacial score (nSPS) is 11.4. The molecule has 1 N–H and O–H groups in total. The Labute approximate surface area is 174 Å².